The molecule has 0 aliphatic carbocycles. The minimum atomic E-state index is -1.01. The summed E-state index contributed by atoms with van der Waals surface area (Å²) in [5.74, 6) is -2.11. The summed E-state index contributed by atoms with van der Waals surface area (Å²) in [6.45, 7) is 12.8. The van der Waals surface area contributed by atoms with Crippen LogP contribution in [0.2, 0.25) is 0 Å². The number of rotatable bonds is 16. The van der Waals surface area contributed by atoms with E-state index in [2.05, 4.69) is 20.1 Å². The maximum atomic E-state index is 14.2. The van der Waals surface area contributed by atoms with Gasteiger partial charge in [0.2, 0.25) is 11.8 Å². The van der Waals surface area contributed by atoms with Crippen LogP contribution in [0.3, 0.4) is 0 Å². The molecule has 2 amide bonds. The first-order valence-electron chi connectivity index (χ1n) is 13.7. The number of aliphatic hydroxyl groups excluding tert-OH is 1. The van der Waals surface area contributed by atoms with Crippen molar-refractivity contribution in [3.63, 3.8) is 0 Å². The topological polar surface area (TPSA) is 96.4 Å². The summed E-state index contributed by atoms with van der Waals surface area (Å²) < 4.78 is 12.0. The number of hydrogen-bond acceptors (Lipinski definition) is 6. The molecule has 3 aliphatic rings. The number of aliphatic hydroxyl groups is 1. The zero-order chi connectivity index (χ0) is 26.3. The Hall–Kier alpha value is -2.19. The van der Waals surface area contributed by atoms with E-state index in [1.54, 1.807) is 17.1 Å². The number of esters is 1. The molecule has 3 saturated heterocycles. The molecule has 8 heteroatoms. The normalized spacial score (nSPS) is 29.2. The molecule has 1 spiro atoms. The molecule has 0 aromatic rings. The Labute approximate surface area is 215 Å². The van der Waals surface area contributed by atoms with E-state index in [0.717, 1.165) is 25.7 Å². The summed E-state index contributed by atoms with van der Waals surface area (Å²) in [7, 11) is 0. The van der Waals surface area contributed by atoms with Crippen LogP contribution in [0.4, 0.5) is 0 Å². The molecule has 3 heterocycles. The van der Waals surface area contributed by atoms with Crippen LogP contribution in [0.25, 0.3) is 0 Å². The number of carbonyl (C=O) groups is 3. The Kier molecular flexibility index (Phi) is 10.1. The van der Waals surface area contributed by atoms with Gasteiger partial charge in [0.15, 0.2) is 0 Å². The molecule has 0 radical (unpaired) electrons. The highest BCUT2D eigenvalue weighted by molar-refractivity contribution is 5.98. The van der Waals surface area contributed by atoms with Crippen LogP contribution in [0.1, 0.15) is 71.6 Å². The van der Waals surface area contributed by atoms with Gasteiger partial charge < -0.3 is 24.4 Å². The summed E-state index contributed by atoms with van der Waals surface area (Å²) >= 11 is 0. The van der Waals surface area contributed by atoms with Crippen molar-refractivity contribution in [1.82, 2.24) is 9.80 Å². The molecule has 8 nitrogen and oxygen atoms in total. The first-order valence-corrected chi connectivity index (χ1v) is 13.7. The number of nitrogens with zero attached hydrogens (tertiary/aromatic N) is 2. The third-order valence-corrected chi connectivity index (χ3v) is 8.01. The second-order valence-electron chi connectivity index (χ2n) is 10.4. The predicted octanol–water partition coefficient (Wildman–Crippen LogP) is 3.24. The fourth-order valence-corrected chi connectivity index (χ4v) is 6.37. The van der Waals surface area contributed by atoms with Crippen molar-refractivity contribution in [2.75, 3.05) is 26.3 Å². The Balaban J connectivity index is 1.91. The average Bonchev–Trinajstić information content (AvgIpc) is 3.50. The average molecular weight is 505 g/mol. The van der Waals surface area contributed by atoms with Crippen molar-refractivity contribution in [2.45, 2.75) is 95.4 Å². The summed E-state index contributed by atoms with van der Waals surface area (Å²) in [6.07, 6.45) is 9.57. The van der Waals surface area contributed by atoms with Crippen LogP contribution in [-0.4, -0.2) is 82.8 Å². The summed E-state index contributed by atoms with van der Waals surface area (Å²) in [4.78, 5) is 44.7. The third-order valence-electron chi connectivity index (χ3n) is 8.01. The van der Waals surface area contributed by atoms with Crippen molar-refractivity contribution in [3.8, 4) is 0 Å². The van der Waals surface area contributed by atoms with Gasteiger partial charge in [-0.3, -0.25) is 14.4 Å². The van der Waals surface area contributed by atoms with Crippen molar-refractivity contribution in [3.05, 3.63) is 25.3 Å². The van der Waals surface area contributed by atoms with E-state index in [1.807, 2.05) is 11.8 Å². The first-order chi connectivity index (χ1) is 17.4. The minimum Gasteiger partial charge on any atom is -0.465 e. The van der Waals surface area contributed by atoms with Crippen LogP contribution in [-0.2, 0) is 23.9 Å². The third kappa shape index (κ3) is 5.40. The number of likely N-dealkylation sites (tertiary alicyclic amines) is 1. The molecule has 2 bridgehead atoms. The lowest BCUT2D eigenvalue weighted by atomic mass is 9.70. The molecular formula is C28H44N2O6. The smallest absolute Gasteiger partial charge is 0.312 e. The number of unbranched alkanes of at least 4 members (excludes halogenated alkanes) is 3. The van der Waals surface area contributed by atoms with Gasteiger partial charge >= 0.3 is 5.97 Å². The number of carbonyl (C=O) groups excluding carboxylic acids is 3. The second-order valence-corrected chi connectivity index (χ2v) is 10.4. The second kappa shape index (κ2) is 12.9. The standard InChI is InChI=1S/C28H44N2O6/c1-5-8-12-19-35-27(34)22-21-14-15-28(36-21)23(22)25(32)30(17-10-9-11-18-31)24(28)26(33)29(16-7-3)20(4)13-6-2/h5,7,20-24,31H,1,3,6,8-19H2,2,4H3/t20?,21-,22+,23-,24?,28?/m0/s1. The van der Waals surface area contributed by atoms with Gasteiger partial charge in [-0.25, -0.2) is 0 Å². The molecule has 202 valence electrons. The Bertz CT molecular complexity index is 816. The molecule has 36 heavy (non-hydrogen) atoms. The number of hydrogen-bond donors (Lipinski definition) is 1. The quantitative estimate of drug-likeness (QED) is 0.197. The van der Waals surface area contributed by atoms with Gasteiger partial charge in [-0.15, -0.1) is 13.2 Å². The largest absolute Gasteiger partial charge is 0.465 e. The van der Waals surface area contributed by atoms with Gasteiger partial charge in [0.05, 0.1) is 24.5 Å². The van der Waals surface area contributed by atoms with Gasteiger partial charge in [-0.05, 0) is 58.3 Å². The van der Waals surface area contributed by atoms with Crippen molar-refractivity contribution in [2.24, 2.45) is 11.8 Å². The minimum absolute atomic E-state index is 0.00786. The molecule has 0 saturated carbocycles. The Morgan fingerprint density at radius 3 is 2.72 bits per heavy atom. The highest BCUT2D eigenvalue weighted by Gasteiger charge is 2.75. The SMILES string of the molecule is C=CCCCOC(=O)[C@@H]1[C@@H]2CCC3(O2)C(C(=O)N(CC=C)C(C)CCC)N(CCCCCO)C(=O)[C@H]13. The molecule has 3 rings (SSSR count). The highest BCUT2D eigenvalue weighted by Crippen LogP contribution is 2.58. The first kappa shape index (κ1) is 28.4. The Morgan fingerprint density at radius 1 is 1.28 bits per heavy atom. The molecular weight excluding hydrogens is 460 g/mol. The van der Waals surface area contributed by atoms with E-state index in [9.17, 15) is 19.5 Å². The number of ether oxygens (including phenoxy) is 2. The van der Waals surface area contributed by atoms with Crippen LogP contribution in [0, 0.1) is 11.8 Å². The van der Waals surface area contributed by atoms with E-state index in [-0.39, 0.29) is 31.1 Å². The van der Waals surface area contributed by atoms with Crippen LogP contribution in [0.5, 0.6) is 0 Å². The maximum absolute atomic E-state index is 14.2. The monoisotopic (exact) mass is 504 g/mol. The summed E-state index contributed by atoms with van der Waals surface area (Å²) in [5, 5.41) is 9.18. The zero-order valence-electron chi connectivity index (χ0n) is 22.0. The number of allylic oxidation sites excluding steroid dienone is 1. The van der Waals surface area contributed by atoms with Crippen LogP contribution in [0.15, 0.2) is 25.3 Å². The number of amides is 2. The lowest BCUT2D eigenvalue weighted by molar-refractivity contribution is -0.155. The lowest BCUT2D eigenvalue weighted by Gasteiger charge is -2.39. The number of fused-ring (bicyclic) bond motifs is 1. The predicted molar refractivity (Wildman–Crippen MR) is 137 cm³/mol. The highest BCUT2D eigenvalue weighted by atomic mass is 16.6. The van der Waals surface area contributed by atoms with Gasteiger partial charge in [-0.1, -0.05) is 25.5 Å². The van der Waals surface area contributed by atoms with E-state index >= 15 is 0 Å². The summed E-state index contributed by atoms with van der Waals surface area (Å²) in [6, 6.07) is -0.779. The molecule has 1 N–H and O–H groups in total. The van der Waals surface area contributed by atoms with Gasteiger partial charge in [-0.2, -0.15) is 0 Å². The van der Waals surface area contributed by atoms with Gasteiger partial charge in [0, 0.05) is 25.7 Å². The van der Waals surface area contributed by atoms with Crippen LogP contribution >= 0.6 is 0 Å². The van der Waals surface area contributed by atoms with E-state index in [1.165, 1.54) is 0 Å². The fourth-order valence-electron chi connectivity index (χ4n) is 6.37. The Morgan fingerprint density at radius 2 is 2.06 bits per heavy atom. The van der Waals surface area contributed by atoms with Crippen molar-refractivity contribution >= 4 is 17.8 Å². The van der Waals surface area contributed by atoms with Gasteiger partial charge in [0.25, 0.3) is 0 Å². The van der Waals surface area contributed by atoms with Crippen LogP contribution < -0.4 is 0 Å². The molecule has 0 aromatic carbocycles. The molecule has 3 fully saturated rings. The fraction of sp³-hybridized carbons (Fsp3) is 0.750. The van der Waals surface area contributed by atoms with Gasteiger partial charge in [0.1, 0.15) is 11.6 Å². The van der Waals surface area contributed by atoms with Crippen molar-refractivity contribution in [1.29, 1.82) is 0 Å². The van der Waals surface area contributed by atoms with E-state index < -0.39 is 35.6 Å². The maximum Gasteiger partial charge on any atom is 0.312 e. The van der Waals surface area contributed by atoms with Crippen molar-refractivity contribution < 1.29 is 29.0 Å². The lowest BCUT2D eigenvalue weighted by Crippen LogP contribution is -2.57. The molecule has 3 unspecified atom stereocenters. The van der Waals surface area contributed by atoms with E-state index in [0.29, 0.717) is 45.2 Å². The summed E-state index contributed by atoms with van der Waals surface area (Å²) in [5.41, 5.74) is -1.01. The molecule has 0 aromatic heterocycles. The zero-order valence-corrected chi connectivity index (χ0v) is 22.0. The molecule has 6 atom stereocenters. The van der Waals surface area contributed by atoms with E-state index in [4.69, 9.17) is 9.47 Å². The molecule has 3 aliphatic heterocycles.